The Morgan fingerprint density at radius 3 is 2.88 bits per heavy atom. The molecule has 0 amide bonds. The minimum atomic E-state index is -0.349. The summed E-state index contributed by atoms with van der Waals surface area (Å²) in [6, 6.07) is 3.90. The zero-order chi connectivity index (χ0) is 12.0. The van der Waals surface area contributed by atoms with Gasteiger partial charge in [0.25, 0.3) is 0 Å². The second-order valence-corrected chi connectivity index (χ2v) is 4.02. The molecule has 3 N–H and O–H groups in total. The summed E-state index contributed by atoms with van der Waals surface area (Å²) in [6.07, 6.45) is 0.738. The van der Waals surface area contributed by atoms with Crippen molar-refractivity contribution in [3.63, 3.8) is 0 Å². The first-order valence-electron chi connectivity index (χ1n) is 5.42. The molecule has 0 heterocycles. The molecule has 1 aromatic carbocycles. The van der Waals surface area contributed by atoms with Gasteiger partial charge >= 0.3 is 0 Å². The number of halogens is 1. The van der Waals surface area contributed by atoms with Crippen molar-refractivity contribution >= 4 is 0 Å². The zero-order valence-electron chi connectivity index (χ0n) is 9.41. The van der Waals surface area contributed by atoms with E-state index in [4.69, 9.17) is 5.11 Å². The fraction of sp³-hybridized carbons (Fsp3) is 0.500. The molecule has 16 heavy (non-hydrogen) atoms. The molecule has 0 fully saturated rings. The Balaban J connectivity index is 2.39. The molecule has 1 unspecified atom stereocenters. The molecular formula is C12H18FNO2. The maximum Gasteiger partial charge on any atom is 0.123 e. The summed E-state index contributed by atoms with van der Waals surface area (Å²) in [6.45, 7) is 3.36. The van der Waals surface area contributed by atoms with E-state index in [0.717, 1.165) is 13.0 Å². The number of phenolic OH excluding ortho intramolecular Hbond substituents is 1. The van der Waals surface area contributed by atoms with Crippen molar-refractivity contribution in [2.45, 2.75) is 19.9 Å². The average Bonchev–Trinajstić information content (AvgIpc) is 2.23. The number of benzene rings is 1. The van der Waals surface area contributed by atoms with Crippen LogP contribution in [0.3, 0.4) is 0 Å². The van der Waals surface area contributed by atoms with Crippen molar-refractivity contribution in [2.24, 2.45) is 5.92 Å². The molecule has 0 saturated carbocycles. The highest BCUT2D eigenvalue weighted by Gasteiger charge is 2.04. The maximum atomic E-state index is 12.9. The van der Waals surface area contributed by atoms with Crippen LogP contribution in [0.1, 0.15) is 18.9 Å². The first kappa shape index (κ1) is 12.9. The number of rotatable bonds is 6. The lowest BCUT2D eigenvalue weighted by Gasteiger charge is -2.11. The van der Waals surface area contributed by atoms with Crippen molar-refractivity contribution in [1.29, 1.82) is 0 Å². The molecule has 0 aromatic heterocycles. The van der Waals surface area contributed by atoms with Crippen LogP contribution >= 0.6 is 0 Å². The maximum absolute atomic E-state index is 12.9. The summed E-state index contributed by atoms with van der Waals surface area (Å²) < 4.78 is 12.9. The van der Waals surface area contributed by atoms with Crippen molar-refractivity contribution in [3.8, 4) is 5.75 Å². The summed E-state index contributed by atoms with van der Waals surface area (Å²) in [5.41, 5.74) is 0.552. The number of hydrogen-bond donors (Lipinski definition) is 3. The van der Waals surface area contributed by atoms with Gasteiger partial charge in [0.15, 0.2) is 0 Å². The average molecular weight is 227 g/mol. The highest BCUT2D eigenvalue weighted by molar-refractivity contribution is 5.32. The highest BCUT2D eigenvalue weighted by atomic mass is 19.1. The van der Waals surface area contributed by atoms with E-state index in [1.54, 1.807) is 0 Å². The summed E-state index contributed by atoms with van der Waals surface area (Å²) in [5, 5.41) is 21.3. The molecule has 0 bridgehead atoms. The number of nitrogens with one attached hydrogen (secondary N) is 1. The Morgan fingerprint density at radius 2 is 2.19 bits per heavy atom. The monoisotopic (exact) mass is 227 g/mol. The van der Waals surface area contributed by atoms with Crippen LogP contribution in [0, 0.1) is 11.7 Å². The number of aliphatic hydroxyl groups excluding tert-OH is 1. The van der Waals surface area contributed by atoms with Gasteiger partial charge in [0.1, 0.15) is 11.6 Å². The molecule has 0 aliphatic rings. The minimum Gasteiger partial charge on any atom is -0.508 e. The third-order valence-electron chi connectivity index (χ3n) is 2.47. The summed E-state index contributed by atoms with van der Waals surface area (Å²) >= 11 is 0. The lowest BCUT2D eigenvalue weighted by molar-refractivity contribution is 0.260. The molecule has 1 atom stereocenters. The fourth-order valence-corrected chi connectivity index (χ4v) is 1.47. The smallest absolute Gasteiger partial charge is 0.123 e. The molecule has 0 radical (unpaired) electrons. The third-order valence-corrected chi connectivity index (χ3v) is 2.47. The fourth-order valence-electron chi connectivity index (χ4n) is 1.47. The Hall–Kier alpha value is -1.13. The van der Waals surface area contributed by atoms with E-state index in [1.807, 2.05) is 6.92 Å². The molecule has 90 valence electrons. The molecule has 3 nitrogen and oxygen atoms in total. The van der Waals surface area contributed by atoms with Crippen molar-refractivity contribution in [1.82, 2.24) is 5.32 Å². The molecule has 0 aliphatic carbocycles. The van der Waals surface area contributed by atoms with E-state index in [1.165, 1.54) is 18.2 Å². The van der Waals surface area contributed by atoms with Crippen LogP contribution in [-0.2, 0) is 6.54 Å². The van der Waals surface area contributed by atoms with Gasteiger partial charge in [-0.2, -0.15) is 0 Å². The second kappa shape index (κ2) is 6.45. The van der Waals surface area contributed by atoms with Crippen LogP contribution in [0.15, 0.2) is 18.2 Å². The van der Waals surface area contributed by atoms with Gasteiger partial charge in [-0.25, -0.2) is 4.39 Å². The zero-order valence-corrected chi connectivity index (χ0v) is 9.41. The second-order valence-electron chi connectivity index (χ2n) is 4.02. The predicted molar refractivity (Wildman–Crippen MR) is 60.6 cm³/mol. The highest BCUT2D eigenvalue weighted by Crippen LogP contribution is 2.17. The molecule has 1 aromatic rings. The summed E-state index contributed by atoms with van der Waals surface area (Å²) in [7, 11) is 0. The topological polar surface area (TPSA) is 52.5 Å². The van der Waals surface area contributed by atoms with Gasteiger partial charge in [0, 0.05) is 18.7 Å². The van der Waals surface area contributed by atoms with Crippen LogP contribution in [-0.4, -0.2) is 23.4 Å². The SMILES string of the molecule is CC(CCO)CNCc1cc(F)ccc1O. The molecule has 0 saturated heterocycles. The molecule has 1 rings (SSSR count). The van der Waals surface area contributed by atoms with Gasteiger partial charge in [-0.15, -0.1) is 0 Å². The van der Waals surface area contributed by atoms with Gasteiger partial charge in [0.2, 0.25) is 0 Å². The number of aliphatic hydroxyl groups is 1. The van der Waals surface area contributed by atoms with E-state index in [2.05, 4.69) is 5.32 Å². The Kier molecular flexibility index (Phi) is 5.22. The Bertz CT molecular complexity index is 331. The van der Waals surface area contributed by atoms with Crippen LogP contribution < -0.4 is 5.32 Å². The summed E-state index contributed by atoms with van der Waals surface area (Å²) in [5.74, 6) is 0.113. The summed E-state index contributed by atoms with van der Waals surface area (Å²) in [4.78, 5) is 0. The van der Waals surface area contributed by atoms with Crippen molar-refractivity contribution in [2.75, 3.05) is 13.2 Å². The lowest BCUT2D eigenvalue weighted by atomic mass is 10.1. The largest absolute Gasteiger partial charge is 0.508 e. The van der Waals surface area contributed by atoms with E-state index in [-0.39, 0.29) is 18.2 Å². The van der Waals surface area contributed by atoms with E-state index < -0.39 is 0 Å². The quantitative estimate of drug-likeness (QED) is 0.692. The van der Waals surface area contributed by atoms with Crippen molar-refractivity contribution < 1.29 is 14.6 Å². The molecule has 0 aliphatic heterocycles. The molecule has 0 spiro atoms. The predicted octanol–water partition coefficient (Wildman–Crippen LogP) is 1.64. The third kappa shape index (κ3) is 4.16. The number of hydrogen-bond acceptors (Lipinski definition) is 3. The van der Waals surface area contributed by atoms with E-state index >= 15 is 0 Å². The van der Waals surface area contributed by atoms with Gasteiger partial charge in [-0.3, -0.25) is 0 Å². The van der Waals surface area contributed by atoms with E-state index in [0.29, 0.717) is 18.0 Å². The van der Waals surface area contributed by atoms with Crippen LogP contribution in [0.4, 0.5) is 4.39 Å². The van der Waals surface area contributed by atoms with E-state index in [9.17, 15) is 9.50 Å². The lowest BCUT2D eigenvalue weighted by Crippen LogP contribution is -2.21. The van der Waals surface area contributed by atoms with Crippen molar-refractivity contribution in [3.05, 3.63) is 29.6 Å². The van der Waals surface area contributed by atoms with Gasteiger partial charge in [0.05, 0.1) is 0 Å². The van der Waals surface area contributed by atoms with Gasteiger partial charge in [-0.05, 0) is 37.1 Å². The van der Waals surface area contributed by atoms with Gasteiger partial charge in [-0.1, -0.05) is 6.92 Å². The first-order chi connectivity index (χ1) is 7.63. The van der Waals surface area contributed by atoms with Crippen LogP contribution in [0.25, 0.3) is 0 Å². The standard InChI is InChI=1S/C12H18FNO2/c1-9(4-5-15)7-14-8-10-6-11(13)2-3-12(10)16/h2-3,6,9,14-16H,4-5,7-8H2,1H3. The Morgan fingerprint density at radius 1 is 1.44 bits per heavy atom. The number of aromatic hydroxyl groups is 1. The minimum absolute atomic E-state index is 0.101. The van der Waals surface area contributed by atoms with Gasteiger partial charge < -0.3 is 15.5 Å². The Labute approximate surface area is 94.9 Å². The van der Waals surface area contributed by atoms with Crippen LogP contribution in [0.2, 0.25) is 0 Å². The van der Waals surface area contributed by atoms with Crippen LogP contribution in [0.5, 0.6) is 5.75 Å². The normalized spacial score (nSPS) is 12.7. The molecule has 4 heteroatoms. The number of phenols is 1. The first-order valence-corrected chi connectivity index (χ1v) is 5.42. The molecular weight excluding hydrogens is 209 g/mol.